The van der Waals surface area contributed by atoms with Gasteiger partial charge in [0.25, 0.3) is 5.91 Å². The molecule has 4 N–H and O–H groups in total. The van der Waals surface area contributed by atoms with E-state index in [4.69, 9.17) is 9.47 Å². The Hall–Kier alpha value is -3.19. The summed E-state index contributed by atoms with van der Waals surface area (Å²) in [6.45, 7) is 9.02. The lowest BCUT2D eigenvalue weighted by molar-refractivity contribution is -0.148. The monoisotopic (exact) mass is 618 g/mol. The molecule has 1 heterocycles. The Morgan fingerprint density at radius 2 is 1.72 bits per heavy atom. The zero-order chi connectivity index (χ0) is 31.7. The molecule has 0 aromatic heterocycles. The number of fused-ring (bicyclic) bond motifs is 1. The Balaban J connectivity index is 1.89. The number of nitrogens with zero attached hydrogens (tertiary/aromatic N) is 1. The fourth-order valence-corrected chi connectivity index (χ4v) is 6.77. The van der Waals surface area contributed by atoms with Crippen LogP contribution in [0.5, 0.6) is 11.5 Å². The summed E-state index contributed by atoms with van der Waals surface area (Å²) in [5.41, 5.74) is 3.54. The summed E-state index contributed by atoms with van der Waals surface area (Å²) in [6.07, 6.45) is -0.569. The average molecular weight is 619 g/mol. The first-order chi connectivity index (χ1) is 20.4. The molecule has 0 spiro atoms. The number of carbonyl (C=O) groups excluding carboxylic acids is 2. The van der Waals surface area contributed by atoms with Crippen molar-refractivity contribution in [2.24, 2.45) is 11.8 Å². The van der Waals surface area contributed by atoms with Gasteiger partial charge in [0, 0.05) is 26.0 Å². The molecule has 0 radical (unpaired) electrons. The number of benzene rings is 2. The number of hydrogen-bond donors (Lipinski definition) is 4. The number of aliphatic hydroxyl groups is 1. The van der Waals surface area contributed by atoms with Gasteiger partial charge in [-0.05, 0) is 43.0 Å². The van der Waals surface area contributed by atoms with E-state index in [0.717, 1.165) is 12.0 Å². The van der Waals surface area contributed by atoms with E-state index >= 15 is 0 Å². The van der Waals surface area contributed by atoms with Crippen molar-refractivity contribution in [3.05, 3.63) is 54.1 Å². The molecule has 12 heteroatoms. The van der Waals surface area contributed by atoms with Crippen LogP contribution in [-0.4, -0.2) is 74.3 Å². The van der Waals surface area contributed by atoms with Gasteiger partial charge in [-0.15, -0.1) is 0 Å². The van der Waals surface area contributed by atoms with Gasteiger partial charge >= 0.3 is 0 Å². The van der Waals surface area contributed by atoms with Crippen LogP contribution < -0.4 is 25.5 Å². The van der Waals surface area contributed by atoms with Crippen molar-refractivity contribution in [3.63, 3.8) is 0 Å². The summed E-state index contributed by atoms with van der Waals surface area (Å²) >= 11 is 0. The number of likely N-dealkylation sites (N-methyl/N-ethyl adjacent to an activating group) is 1. The van der Waals surface area contributed by atoms with Crippen LogP contribution in [0.2, 0.25) is 0 Å². The van der Waals surface area contributed by atoms with E-state index in [1.165, 1.54) is 17.1 Å². The highest BCUT2D eigenvalue weighted by molar-refractivity contribution is 7.92. The third kappa shape index (κ3) is 9.15. The predicted molar refractivity (Wildman–Crippen MR) is 164 cm³/mol. The second-order valence-corrected chi connectivity index (χ2v) is 13.5. The summed E-state index contributed by atoms with van der Waals surface area (Å²) in [4.78, 5) is 26.3. The van der Waals surface area contributed by atoms with E-state index in [-0.39, 0.29) is 48.6 Å². The number of ether oxygens (including phenoxy) is 2. The van der Waals surface area contributed by atoms with Crippen LogP contribution in [0.15, 0.2) is 53.4 Å². The van der Waals surface area contributed by atoms with Gasteiger partial charge in [0.05, 0.1) is 23.6 Å². The zero-order valence-corrected chi connectivity index (χ0v) is 26.7. The van der Waals surface area contributed by atoms with Crippen LogP contribution >= 0.6 is 0 Å². The summed E-state index contributed by atoms with van der Waals surface area (Å²) < 4.78 is 38.6. The maximum Gasteiger partial charge on any atom is 0.252 e. The number of nitrogens with one attached hydrogen (secondary N) is 3. The van der Waals surface area contributed by atoms with Crippen molar-refractivity contribution < 1.29 is 32.6 Å². The Bertz CT molecular complexity index is 1320. The molecular formula is C31H46N4O7S. The van der Waals surface area contributed by atoms with E-state index in [1.807, 2.05) is 44.2 Å². The van der Waals surface area contributed by atoms with Crippen LogP contribution in [-0.2, 0) is 25.8 Å². The minimum Gasteiger partial charge on any atom is -0.451 e. The molecule has 1 aliphatic rings. The molecule has 3 rings (SSSR count). The smallest absolute Gasteiger partial charge is 0.252 e. The van der Waals surface area contributed by atoms with Gasteiger partial charge in [-0.1, -0.05) is 64.4 Å². The highest BCUT2D eigenvalue weighted by Gasteiger charge is 2.36. The van der Waals surface area contributed by atoms with Crippen LogP contribution in [0, 0.1) is 11.8 Å². The van der Waals surface area contributed by atoms with E-state index in [0.29, 0.717) is 11.5 Å². The first-order valence-corrected chi connectivity index (χ1v) is 16.3. The molecule has 238 valence electrons. The molecule has 2 amide bonds. The quantitative estimate of drug-likeness (QED) is 0.221. The maximum absolute atomic E-state index is 13.8. The third-order valence-electron chi connectivity index (χ3n) is 7.43. The number of sulfone groups is 1. The number of amides is 2. The summed E-state index contributed by atoms with van der Waals surface area (Å²) in [6, 6.07) is 13.0. The van der Waals surface area contributed by atoms with Gasteiger partial charge in [0.1, 0.15) is 5.37 Å². The van der Waals surface area contributed by atoms with Crippen molar-refractivity contribution in [3.8, 4) is 11.5 Å². The lowest BCUT2D eigenvalue weighted by atomic mass is 9.98. The topological polar surface area (TPSA) is 146 Å². The molecule has 11 nitrogen and oxygen atoms in total. The number of hydrogen-bond acceptors (Lipinski definition) is 9. The Morgan fingerprint density at radius 3 is 2.35 bits per heavy atom. The molecule has 0 fully saturated rings. The van der Waals surface area contributed by atoms with Gasteiger partial charge < -0.3 is 19.9 Å². The number of carbonyl (C=O) groups is 2. The van der Waals surface area contributed by atoms with Gasteiger partial charge in [-0.2, -0.15) is 0 Å². The van der Waals surface area contributed by atoms with Gasteiger partial charge in [-0.3, -0.25) is 20.3 Å². The Kier molecular flexibility index (Phi) is 12.4. The second-order valence-electron chi connectivity index (χ2n) is 11.4. The van der Waals surface area contributed by atoms with Crippen molar-refractivity contribution >= 4 is 21.7 Å². The van der Waals surface area contributed by atoms with E-state index in [9.17, 15) is 23.1 Å². The highest BCUT2D eigenvalue weighted by Crippen LogP contribution is 2.37. The fourth-order valence-electron chi connectivity index (χ4n) is 4.92. The SMILES string of the molecule is CC[C@H](C)CC(=O)N(NC(=O)CNC)[C@@H](Cc1ccccc1)[C@H](O)CNC(C(C)C)S(=O)(=O)c1ccc2c(c1)OC(C)O2. The molecule has 43 heavy (non-hydrogen) atoms. The first-order valence-electron chi connectivity index (χ1n) is 14.8. The van der Waals surface area contributed by atoms with Crippen LogP contribution in [0.4, 0.5) is 0 Å². The molecule has 0 saturated heterocycles. The van der Waals surface area contributed by atoms with Crippen molar-refractivity contribution in [2.75, 3.05) is 20.1 Å². The predicted octanol–water partition coefficient (Wildman–Crippen LogP) is 2.64. The molecule has 2 unspecified atom stereocenters. The molecule has 0 saturated carbocycles. The first kappa shape index (κ1) is 34.3. The summed E-state index contributed by atoms with van der Waals surface area (Å²) in [7, 11) is -2.29. The minimum absolute atomic E-state index is 0.0263. The molecule has 2 aromatic carbocycles. The summed E-state index contributed by atoms with van der Waals surface area (Å²) in [5, 5.41) is 17.6. The van der Waals surface area contributed by atoms with Gasteiger partial charge in [-0.25, -0.2) is 13.4 Å². The molecule has 2 aromatic rings. The summed E-state index contributed by atoms with van der Waals surface area (Å²) in [5.74, 6) is -0.245. The largest absolute Gasteiger partial charge is 0.451 e. The third-order valence-corrected chi connectivity index (χ3v) is 9.72. The maximum atomic E-state index is 13.8. The molecule has 5 atom stereocenters. The molecular weight excluding hydrogens is 572 g/mol. The van der Waals surface area contributed by atoms with Crippen LogP contribution in [0.1, 0.15) is 53.0 Å². The number of rotatable bonds is 15. The minimum atomic E-state index is -3.92. The van der Waals surface area contributed by atoms with Crippen LogP contribution in [0.25, 0.3) is 0 Å². The van der Waals surface area contributed by atoms with Crippen LogP contribution in [0.3, 0.4) is 0 Å². The highest BCUT2D eigenvalue weighted by atomic mass is 32.2. The fraction of sp³-hybridized carbons (Fsp3) is 0.548. The average Bonchev–Trinajstić information content (AvgIpc) is 3.34. The van der Waals surface area contributed by atoms with Gasteiger partial charge in [0.15, 0.2) is 21.3 Å². The zero-order valence-electron chi connectivity index (χ0n) is 25.9. The van der Waals surface area contributed by atoms with E-state index in [2.05, 4.69) is 16.1 Å². The number of aliphatic hydroxyl groups excluding tert-OH is 1. The lowest BCUT2D eigenvalue weighted by Crippen LogP contribution is -2.60. The Labute approximate surface area is 255 Å². The van der Waals surface area contributed by atoms with E-state index < -0.39 is 39.6 Å². The normalized spacial score (nSPS) is 17.3. The van der Waals surface area contributed by atoms with E-state index in [1.54, 1.807) is 33.9 Å². The van der Waals surface area contributed by atoms with Gasteiger partial charge in [0.2, 0.25) is 12.2 Å². The molecule has 1 aliphatic heterocycles. The Morgan fingerprint density at radius 1 is 1.05 bits per heavy atom. The molecule has 0 aliphatic carbocycles. The standard InChI is InChI=1S/C31H46N4O7S/c1-7-21(4)15-30(38)35(34-29(37)19-32-6)25(16-23-11-9-8-10-12-23)26(36)18-33-31(20(2)3)43(39,40)24-13-14-27-28(17-24)42-22(5)41-27/h8-14,17,20-22,25-26,31-33,36H,7,15-16,18-19H2,1-6H3,(H,34,37)/t21-,22?,25-,26+,31?/m0/s1. The van der Waals surface area contributed by atoms with Crippen molar-refractivity contribution in [1.29, 1.82) is 0 Å². The van der Waals surface area contributed by atoms with Crippen molar-refractivity contribution in [1.82, 2.24) is 21.1 Å². The van der Waals surface area contributed by atoms with Crippen molar-refractivity contribution in [2.45, 2.75) is 82.6 Å². The molecule has 0 bridgehead atoms. The second kappa shape index (κ2) is 15.5. The lowest BCUT2D eigenvalue weighted by Gasteiger charge is -2.36. The number of hydrazine groups is 1.